The molecule has 3 heteroatoms. The highest BCUT2D eigenvalue weighted by Crippen LogP contribution is 2.17. The first-order valence-electron chi connectivity index (χ1n) is 7.48. The van der Waals surface area contributed by atoms with Crippen LogP contribution in [0.2, 0.25) is 0 Å². The minimum atomic E-state index is 0.170. The maximum absolute atomic E-state index is 12.0. The maximum Gasteiger partial charge on any atom is 0.172 e. The molecule has 0 saturated carbocycles. The second-order valence-corrected chi connectivity index (χ2v) is 7.15. The van der Waals surface area contributed by atoms with Crippen LogP contribution in [0.1, 0.15) is 35.3 Å². The molecule has 22 heavy (non-hydrogen) atoms. The fraction of sp³-hybridized carbons (Fsp3) is 0.316. The Kier molecular flexibility index (Phi) is 6.08. The van der Waals surface area contributed by atoms with Crippen molar-refractivity contribution in [2.75, 3.05) is 5.75 Å². The van der Waals surface area contributed by atoms with Crippen LogP contribution in [-0.4, -0.2) is 16.8 Å². The minimum Gasteiger partial charge on any atom is -0.489 e. The topological polar surface area (TPSA) is 26.3 Å². The van der Waals surface area contributed by atoms with E-state index in [2.05, 4.69) is 45.0 Å². The number of carbonyl (C=O) groups excluding carboxylic acids is 1. The monoisotopic (exact) mass is 314 g/mol. The van der Waals surface area contributed by atoms with Crippen molar-refractivity contribution >= 4 is 17.5 Å². The van der Waals surface area contributed by atoms with Gasteiger partial charge in [-0.3, -0.25) is 4.79 Å². The summed E-state index contributed by atoms with van der Waals surface area (Å²) >= 11 is 1.67. The van der Waals surface area contributed by atoms with Crippen molar-refractivity contribution in [2.45, 2.75) is 32.6 Å². The molecule has 0 aliphatic heterocycles. The van der Waals surface area contributed by atoms with Gasteiger partial charge in [0, 0.05) is 5.56 Å². The van der Waals surface area contributed by atoms with Gasteiger partial charge in [0.25, 0.3) is 0 Å². The van der Waals surface area contributed by atoms with Crippen LogP contribution >= 0.6 is 11.8 Å². The van der Waals surface area contributed by atoms with Crippen molar-refractivity contribution in [2.24, 2.45) is 0 Å². The van der Waals surface area contributed by atoms with Gasteiger partial charge in [-0.2, -0.15) is 11.8 Å². The zero-order valence-corrected chi connectivity index (χ0v) is 14.2. The molecule has 2 aromatic carbocycles. The Bertz CT molecular complexity index is 600. The molecule has 0 aromatic heterocycles. The Morgan fingerprint density at radius 2 is 1.68 bits per heavy atom. The number of ketones is 1. The van der Waals surface area contributed by atoms with Crippen LogP contribution in [0, 0.1) is 6.92 Å². The first kappa shape index (κ1) is 16.6. The van der Waals surface area contributed by atoms with Gasteiger partial charge in [0.1, 0.15) is 12.4 Å². The van der Waals surface area contributed by atoms with E-state index in [1.165, 1.54) is 5.56 Å². The van der Waals surface area contributed by atoms with Gasteiger partial charge in [0.15, 0.2) is 5.78 Å². The molecule has 0 aliphatic rings. The van der Waals surface area contributed by atoms with E-state index in [4.69, 9.17) is 4.74 Å². The Hall–Kier alpha value is -1.74. The van der Waals surface area contributed by atoms with Crippen molar-refractivity contribution < 1.29 is 9.53 Å². The number of aryl methyl sites for hydroxylation is 1. The normalized spacial score (nSPS) is 10.7. The maximum atomic E-state index is 12.0. The summed E-state index contributed by atoms with van der Waals surface area (Å²) < 4.78 is 5.75. The minimum absolute atomic E-state index is 0.170. The molecular weight excluding hydrogens is 292 g/mol. The number of thioether (sulfide) groups is 1. The summed E-state index contributed by atoms with van der Waals surface area (Å²) in [4.78, 5) is 12.0. The zero-order valence-electron chi connectivity index (χ0n) is 13.3. The van der Waals surface area contributed by atoms with Crippen LogP contribution in [0.4, 0.5) is 0 Å². The summed E-state index contributed by atoms with van der Waals surface area (Å²) in [5.74, 6) is 1.48. The third-order valence-corrected chi connectivity index (χ3v) is 4.35. The molecule has 0 bridgehead atoms. The number of ether oxygens (including phenoxy) is 1. The van der Waals surface area contributed by atoms with Crippen LogP contribution < -0.4 is 4.74 Å². The van der Waals surface area contributed by atoms with Gasteiger partial charge < -0.3 is 4.74 Å². The van der Waals surface area contributed by atoms with Gasteiger partial charge in [-0.1, -0.05) is 43.7 Å². The molecule has 0 amide bonds. The highest BCUT2D eigenvalue weighted by molar-refractivity contribution is 8.00. The summed E-state index contributed by atoms with van der Waals surface area (Å²) in [7, 11) is 0. The lowest BCUT2D eigenvalue weighted by Gasteiger charge is -2.08. The van der Waals surface area contributed by atoms with E-state index in [9.17, 15) is 4.79 Å². The summed E-state index contributed by atoms with van der Waals surface area (Å²) in [5.41, 5.74) is 3.13. The fourth-order valence-electron chi connectivity index (χ4n) is 1.91. The molecule has 116 valence electrons. The molecule has 2 rings (SSSR count). The second-order valence-electron chi connectivity index (χ2n) is 5.58. The van der Waals surface area contributed by atoms with Gasteiger partial charge in [0.05, 0.1) is 5.75 Å². The lowest BCUT2D eigenvalue weighted by atomic mass is 10.1. The average molecular weight is 314 g/mol. The first-order valence-corrected chi connectivity index (χ1v) is 8.52. The first-order chi connectivity index (χ1) is 10.5. The lowest BCUT2D eigenvalue weighted by molar-refractivity contribution is 0.102. The molecule has 0 unspecified atom stereocenters. The van der Waals surface area contributed by atoms with E-state index >= 15 is 0 Å². The van der Waals surface area contributed by atoms with E-state index in [0.717, 1.165) is 16.9 Å². The van der Waals surface area contributed by atoms with Crippen LogP contribution in [0.25, 0.3) is 0 Å². The molecular formula is C19H22O2S. The molecule has 0 atom stereocenters. The summed E-state index contributed by atoms with van der Waals surface area (Å²) in [6, 6.07) is 15.7. The van der Waals surface area contributed by atoms with Crippen molar-refractivity contribution in [3.8, 4) is 5.75 Å². The third kappa shape index (κ3) is 5.23. The number of hydrogen-bond donors (Lipinski definition) is 0. The summed E-state index contributed by atoms with van der Waals surface area (Å²) in [6.45, 7) is 6.80. The summed E-state index contributed by atoms with van der Waals surface area (Å²) in [5, 5.41) is 0.473. The predicted molar refractivity (Wildman–Crippen MR) is 93.9 cm³/mol. The molecule has 2 nitrogen and oxygen atoms in total. The summed E-state index contributed by atoms with van der Waals surface area (Å²) in [6.07, 6.45) is 0. The fourth-order valence-corrected chi connectivity index (χ4v) is 2.57. The molecule has 0 saturated heterocycles. The van der Waals surface area contributed by atoms with Gasteiger partial charge in [-0.15, -0.1) is 0 Å². The smallest absolute Gasteiger partial charge is 0.172 e. The van der Waals surface area contributed by atoms with Gasteiger partial charge in [0.2, 0.25) is 0 Å². The molecule has 0 heterocycles. The second kappa shape index (κ2) is 8.04. The largest absolute Gasteiger partial charge is 0.489 e. The van der Waals surface area contributed by atoms with Crippen molar-refractivity contribution in [1.29, 1.82) is 0 Å². The van der Waals surface area contributed by atoms with E-state index < -0.39 is 0 Å². The zero-order chi connectivity index (χ0) is 15.9. The highest BCUT2D eigenvalue weighted by Gasteiger charge is 2.07. The van der Waals surface area contributed by atoms with Crippen molar-refractivity contribution in [3.63, 3.8) is 0 Å². The number of Topliss-reactive ketones (excluding diaryl/α,β-unsaturated/α-hetero) is 1. The SMILES string of the molecule is Cc1ccc(COc2ccc(C(=O)CSC(C)C)cc2)cc1. The number of benzene rings is 2. The van der Waals surface area contributed by atoms with Gasteiger partial charge >= 0.3 is 0 Å². The standard InChI is InChI=1S/C19H22O2S/c1-14(2)22-13-19(20)17-8-10-18(11-9-17)21-12-16-6-4-15(3)5-7-16/h4-11,14H,12-13H2,1-3H3. The molecule has 0 aliphatic carbocycles. The van der Waals surface area contributed by atoms with E-state index in [1.807, 2.05) is 24.3 Å². The van der Waals surface area contributed by atoms with Crippen LogP contribution in [0.3, 0.4) is 0 Å². The Morgan fingerprint density at radius 1 is 1.05 bits per heavy atom. The quantitative estimate of drug-likeness (QED) is 0.680. The molecule has 0 fully saturated rings. The van der Waals surface area contributed by atoms with Gasteiger partial charge in [-0.05, 0) is 42.0 Å². The Balaban J connectivity index is 1.88. The number of carbonyl (C=O) groups is 1. The highest BCUT2D eigenvalue weighted by atomic mass is 32.2. The van der Waals surface area contributed by atoms with Crippen molar-refractivity contribution in [3.05, 3.63) is 65.2 Å². The van der Waals surface area contributed by atoms with Crippen LogP contribution in [0.5, 0.6) is 5.75 Å². The number of hydrogen-bond acceptors (Lipinski definition) is 3. The molecule has 2 aromatic rings. The van der Waals surface area contributed by atoms with E-state index in [-0.39, 0.29) is 5.78 Å². The van der Waals surface area contributed by atoms with Crippen LogP contribution in [-0.2, 0) is 6.61 Å². The Labute approximate surface area is 136 Å². The average Bonchev–Trinajstić information content (AvgIpc) is 2.52. The lowest BCUT2D eigenvalue weighted by Crippen LogP contribution is -2.05. The van der Waals surface area contributed by atoms with Crippen molar-refractivity contribution in [1.82, 2.24) is 0 Å². The van der Waals surface area contributed by atoms with Gasteiger partial charge in [-0.25, -0.2) is 0 Å². The van der Waals surface area contributed by atoms with E-state index in [0.29, 0.717) is 17.6 Å². The van der Waals surface area contributed by atoms with E-state index in [1.54, 1.807) is 11.8 Å². The molecule has 0 radical (unpaired) electrons. The predicted octanol–water partition coefficient (Wildman–Crippen LogP) is 4.90. The Morgan fingerprint density at radius 3 is 2.27 bits per heavy atom. The third-order valence-electron chi connectivity index (χ3n) is 3.25. The van der Waals surface area contributed by atoms with Crippen LogP contribution in [0.15, 0.2) is 48.5 Å². The number of rotatable bonds is 7. The molecule has 0 spiro atoms. The molecule has 0 N–H and O–H groups in total.